The number of thioether (sulfide) groups is 1. The summed E-state index contributed by atoms with van der Waals surface area (Å²) in [6, 6.07) is 4.04. The minimum atomic E-state index is -0.0611. The zero-order chi connectivity index (χ0) is 16.9. The van der Waals surface area contributed by atoms with Gasteiger partial charge in [0.05, 0.1) is 9.21 Å². The summed E-state index contributed by atoms with van der Waals surface area (Å²) in [6.45, 7) is 0.625. The summed E-state index contributed by atoms with van der Waals surface area (Å²) in [5.74, 6) is 0.980. The summed E-state index contributed by atoms with van der Waals surface area (Å²) in [5.41, 5.74) is 0. The van der Waals surface area contributed by atoms with Crippen LogP contribution in [0.5, 0.6) is 0 Å². The second-order valence-corrected chi connectivity index (χ2v) is 8.36. The summed E-state index contributed by atoms with van der Waals surface area (Å²) in [7, 11) is 0. The lowest BCUT2D eigenvalue weighted by molar-refractivity contribution is 0.0957. The number of hydrogen-bond donors (Lipinski definition) is 1. The van der Waals surface area contributed by atoms with E-state index in [1.165, 1.54) is 37.0 Å². The average molecular weight is 385 g/mol. The summed E-state index contributed by atoms with van der Waals surface area (Å²) in [4.78, 5) is 12.7. The van der Waals surface area contributed by atoms with E-state index in [2.05, 4.69) is 20.1 Å². The van der Waals surface area contributed by atoms with Crippen molar-refractivity contribution in [1.82, 2.24) is 20.1 Å². The number of aryl methyl sites for hydroxylation is 1. The molecule has 0 atom stereocenters. The monoisotopic (exact) mass is 384 g/mol. The van der Waals surface area contributed by atoms with Crippen LogP contribution in [0.4, 0.5) is 0 Å². The van der Waals surface area contributed by atoms with Crippen molar-refractivity contribution in [3.8, 4) is 0 Å². The second kappa shape index (κ2) is 8.36. The van der Waals surface area contributed by atoms with Gasteiger partial charge in [-0.3, -0.25) is 4.79 Å². The lowest BCUT2D eigenvalue weighted by Crippen LogP contribution is -2.24. The smallest absolute Gasteiger partial charge is 0.261 e. The molecule has 0 radical (unpaired) electrons. The zero-order valence-corrected chi connectivity index (χ0v) is 16.0. The number of hydrogen-bond acceptors (Lipinski definition) is 5. The molecule has 24 heavy (non-hydrogen) atoms. The number of thiophene rings is 1. The van der Waals surface area contributed by atoms with Crippen molar-refractivity contribution in [3.63, 3.8) is 0 Å². The molecular weight excluding hydrogens is 364 g/mol. The normalized spacial score (nSPS) is 15.1. The van der Waals surface area contributed by atoms with Gasteiger partial charge < -0.3 is 9.88 Å². The SMILES string of the molecule is CSc1nnc(CCCNC(=O)c2ccc(Cl)s2)n1C1CCCC1. The van der Waals surface area contributed by atoms with Gasteiger partial charge in [-0.25, -0.2) is 0 Å². The van der Waals surface area contributed by atoms with Crippen molar-refractivity contribution >= 4 is 40.6 Å². The highest BCUT2D eigenvalue weighted by Gasteiger charge is 2.23. The molecule has 1 amide bonds. The summed E-state index contributed by atoms with van der Waals surface area (Å²) in [5, 5.41) is 12.6. The topological polar surface area (TPSA) is 59.8 Å². The molecule has 2 aromatic rings. The van der Waals surface area contributed by atoms with Crippen molar-refractivity contribution in [2.75, 3.05) is 12.8 Å². The van der Waals surface area contributed by atoms with Gasteiger partial charge in [0, 0.05) is 19.0 Å². The minimum absolute atomic E-state index is 0.0611. The van der Waals surface area contributed by atoms with Gasteiger partial charge in [-0.1, -0.05) is 36.2 Å². The molecule has 5 nitrogen and oxygen atoms in total. The maximum Gasteiger partial charge on any atom is 0.261 e. The third-order valence-electron chi connectivity index (χ3n) is 4.27. The van der Waals surface area contributed by atoms with Gasteiger partial charge in [0.25, 0.3) is 5.91 Å². The Morgan fingerprint density at radius 2 is 2.21 bits per heavy atom. The first-order valence-corrected chi connectivity index (χ1v) is 10.6. The Hall–Kier alpha value is -1.05. The van der Waals surface area contributed by atoms with Gasteiger partial charge in [-0.15, -0.1) is 21.5 Å². The van der Waals surface area contributed by atoms with E-state index in [0.29, 0.717) is 21.8 Å². The zero-order valence-electron chi connectivity index (χ0n) is 13.6. The molecule has 0 aromatic carbocycles. The third kappa shape index (κ3) is 4.13. The molecule has 3 rings (SSSR count). The molecule has 1 aliphatic carbocycles. The molecule has 1 fully saturated rings. The molecule has 130 valence electrons. The summed E-state index contributed by atoms with van der Waals surface area (Å²) >= 11 is 8.82. The Balaban J connectivity index is 1.53. The van der Waals surface area contributed by atoms with Crippen LogP contribution in [0.25, 0.3) is 0 Å². The molecular formula is C16H21ClN4OS2. The van der Waals surface area contributed by atoms with Gasteiger partial charge in [0.15, 0.2) is 5.16 Å². The van der Waals surface area contributed by atoms with Crippen molar-refractivity contribution in [3.05, 3.63) is 27.2 Å². The van der Waals surface area contributed by atoms with Crippen LogP contribution in [0, 0.1) is 0 Å². The largest absolute Gasteiger partial charge is 0.351 e. The molecule has 2 heterocycles. The first-order chi connectivity index (χ1) is 11.7. The lowest BCUT2D eigenvalue weighted by atomic mass is 10.2. The highest BCUT2D eigenvalue weighted by molar-refractivity contribution is 7.98. The maximum atomic E-state index is 12.0. The molecule has 0 spiro atoms. The lowest BCUT2D eigenvalue weighted by Gasteiger charge is -2.16. The van der Waals surface area contributed by atoms with Gasteiger partial charge in [-0.05, 0) is 37.7 Å². The van der Waals surface area contributed by atoms with Crippen LogP contribution in [0.3, 0.4) is 0 Å². The Kier molecular flexibility index (Phi) is 6.19. The number of halogens is 1. The van der Waals surface area contributed by atoms with Crippen LogP contribution >= 0.6 is 34.7 Å². The van der Waals surface area contributed by atoms with E-state index in [-0.39, 0.29) is 5.91 Å². The van der Waals surface area contributed by atoms with Gasteiger partial charge in [0.1, 0.15) is 5.82 Å². The predicted octanol–water partition coefficient (Wildman–Crippen LogP) is 4.19. The predicted molar refractivity (Wildman–Crippen MR) is 99.3 cm³/mol. The molecule has 0 aliphatic heterocycles. The number of nitrogens with one attached hydrogen (secondary N) is 1. The number of nitrogens with zero attached hydrogens (tertiary/aromatic N) is 3. The van der Waals surface area contributed by atoms with E-state index in [9.17, 15) is 4.79 Å². The van der Waals surface area contributed by atoms with E-state index in [1.807, 2.05) is 6.26 Å². The number of aromatic nitrogens is 3. The average Bonchev–Trinajstić information content (AvgIpc) is 3.30. The van der Waals surface area contributed by atoms with Gasteiger partial charge >= 0.3 is 0 Å². The van der Waals surface area contributed by atoms with E-state index < -0.39 is 0 Å². The Labute approximate surface area is 155 Å². The fourth-order valence-electron chi connectivity index (χ4n) is 3.12. The fourth-order valence-corrected chi connectivity index (χ4v) is 4.65. The first kappa shape index (κ1) is 17.8. The van der Waals surface area contributed by atoms with Crippen molar-refractivity contribution < 1.29 is 4.79 Å². The van der Waals surface area contributed by atoms with Crippen molar-refractivity contribution in [1.29, 1.82) is 0 Å². The molecule has 2 aromatic heterocycles. The van der Waals surface area contributed by atoms with E-state index in [0.717, 1.165) is 23.8 Å². The number of amides is 1. The van der Waals surface area contributed by atoms with Crippen LogP contribution in [0.15, 0.2) is 17.3 Å². The van der Waals surface area contributed by atoms with Crippen LogP contribution in [0.1, 0.15) is 53.6 Å². The fraction of sp³-hybridized carbons (Fsp3) is 0.562. The summed E-state index contributed by atoms with van der Waals surface area (Å²) < 4.78 is 2.95. The van der Waals surface area contributed by atoms with Crippen LogP contribution in [0.2, 0.25) is 4.34 Å². The Bertz CT molecular complexity index is 694. The highest BCUT2D eigenvalue weighted by atomic mass is 35.5. The highest BCUT2D eigenvalue weighted by Crippen LogP contribution is 2.33. The Morgan fingerprint density at radius 1 is 1.42 bits per heavy atom. The molecule has 8 heteroatoms. The summed E-state index contributed by atoms with van der Waals surface area (Å²) in [6.07, 6.45) is 8.74. The van der Waals surface area contributed by atoms with E-state index >= 15 is 0 Å². The molecule has 0 bridgehead atoms. The molecule has 0 unspecified atom stereocenters. The van der Waals surface area contributed by atoms with Gasteiger partial charge in [0.2, 0.25) is 0 Å². The van der Waals surface area contributed by atoms with Crippen LogP contribution in [-0.2, 0) is 6.42 Å². The van der Waals surface area contributed by atoms with Crippen LogP contribution < -0.4 is 5.32 Å². The van der Waals surface area contributed by atoms with Crippen LogP contribution in [-0.4, -0.2) is 33.5 Å². The second-order valence-electron chi connectivity index (χ2n) is 5.87. The first-order valence-electron chi connectivity index (χ1n) is 8.20. The van der Waals surface area contributed by atoms with E-state index in [1.54, 1.807) is 23.9 Å². The number of carbonyl (C=O) groups is 1. The number of carbonyl (C=O) groups excluding carboxylic acids is 1. The van der Waals surface area contributed by atoms with Gasteiger partial charge in [-0.2, -0.15) is 0 Å². The molecule has 1 N–H and O–H groups in total. The third-order valence-corrected chi connectivity index (χ3v) is 6.14. The molecule has 1 aliphatic rings. The maximum absolute atomic E-state index is 12.0. The van der Waals surface area contributed by atoms with E-state index in [4.69, 9.17) is 11.6 Å². The molecule has 0 saturated heterocycles. The standard InChI is InChI=1S/C16H21ClN4OS2/c1-23-16-20-19-14(21(16)11-5-2-3-6-11)7-4-10-18-15(22)12-8-9-13(17)24-12/h8-9,11H,2-7,10H2,1H3,(H,18,22). The molecule has 1 saturated carbocycles. The number of rotatable bonds is 7. The quantitative estimate of drug-likeness (QED) is 0.574. The van der Waals surface area contributed by atoms with Crippen molar-refractivity contribution in [2.24, 2.45) is 0 Å². The minimum Gasteiger partial charge on any atom is -0.351 e. The Morgan fingerprint density at radius 3 is 2.88 bits per heavy atom. The van der Waals surface area contributed by atoms with Crippen molar-refractivity contribution in [2.45, 2.75) is 49.7 Å².